The third-order valence-corrected chi connectivity index (χ3v) is 5.99. The molecule has 0 fully saturated rings. The van der Waals surface area contributed by atoms with E-state index in [2.05, 4.69) is 22.9 Å². The van der Waals surface area contributed by atoms with Crippen LogP contribution in [0.4, 0.5) is 0 Å². The molecule has 1 aliphatic rings. The standard InChI is InChI=1S/C18H15ClN2O2S2/c19-15-7-10-6-14(21-18(10)25-15)17(23)20-13-5-9-3-1-2-4-11(9)12(13)8-16(22)24/h1-4,6-7,12-13,21H,5,8H2,(H,20,23)(H,22,24)/t12-,13-/m1/s1. The summed E-state index contributed by atoms with van der Waals surface area (Å²) in [5.74, 6) is -0.218. The van der Waals surface area contributed by atoms with E-state index in [0.717, 1.165) is 15.8 Å². The molecule has 1 aromatic carbocycles. The van der Waals surface area contributed by atoms with Crippen molar-refractivity contribution < 1.29 is 9.59 Å². The molecule has 2 N–H and O–H groups in total. The molecule has 0 radical (unpaired) electrons. The number of hydrogen-bond acceptors (Lipinski definition) is 3. The molecule has 0 bridgehead atoms. The number of fused-ring (bicyclic) bond motifs is 2. The van der Waals surface area contributed by atoms with E-state index in [1.54, 1.807) is 6.07 Å². The van der Waals surface area contributed by atoms with Gasteiger partial charge in [-0.3, -0.25) is 9.59 Å². The van der Waals surface area contributed by atoms with Gasteiger partial charge in [0.2, 0.25) is 0 Å². The summed E-state index contributed by atoms with van der Waals surface area (Å²) in [5, 5.41) is 3.84. The molecule has 0 aliphatic heterocycles. The maximum atomic E-state index is 12.7. The van der Waals surface area contributed by atoms with Crippen LogP contribution in [-0.4, -0.2) is 22.0 Å². The first-order valence-corrected chi connectivity index (χ1v) is 9.54. The van der Waals surface area contributed by atoms with Crippen LogP contribution in [-0.2, 0) is 11.2 Å². The first-order valence-electron chi connectivity index (χ1n) is 7.90. The Morgan fingerprint density at radius 2 is 2.12 bits per heavy atom. The van der Waals surface area contributed by atoms with E-state index in [1.165, 1.54) is 16.9 Å². The summed E-state index contributed by atoms with van der Waals surface area (Å²) in [6.07, 6.45) is 1.02. The molecule has 4 nitrogen and oxygen atoms in total. The minimum Gasteiger partial charge on any atom is -0.347 e. The van der Waals surface area contributed by atoms with Gasteiger partial charge in [-0.15, -0.1) is 24.0 Å². The summed E-state index contributed by atoms with van der Waals surface area (Å²) in [6, 6.07) is 11.5. The van der Waals surface area contributed by atoms with Crippen LogP contribution in [0.5, 0.6) is 0 Å². The van der Waals surface area contributed by atoms with Gasteiger partial charge in [0.25, 0.3) is 5.91 Å². The van der Waals surface area contributed by atoms with E-state index in [-0.39, 0.29) is 23.0 Å². The van der Waals surface area contributed by atoms with Gasteiger partial charge in [-0.2, -0.15) is 0 Å². The van der Waals surface area contributed by atoms with Gasteiger partial charge < -0.3 is 10.3 Å². The zero-order valence-electron chi connectivity index (χ0n) is 13.1. The van der Waals surface area contributed by atoms with E-state index >= 15 is 0 Å². The summed E-state index contributed by atoms with van der Waals surface area (Å²) >= 11 is 11.3. The van der Waals surface area contributed by atoms with Crippen molar-refractivity contribution >= 4 is 56.8 Å². The number of thiophene rings is 1. The molecule has 4 rings (SSSR count). The quantitative estimate of drug-likeness (QED) is 0.585. The molecule has 0 saturated carbocycles. The summed E-state index contributed by atoms with van der Waals surface area (Å²) in [7, 11) is 0. The number of amides is 1. The number of halogens is 1. The highest BCUT2D eigenvalue weighted by Gasteiger charge is 2.34. The zero-order valence-corrected chi connectivity index (χ0v) is 15.5. The number of carbonyl (C=O) groups is 2. The number of carbonyl (C=O) groups excluding carboxylic acids is 2. The molecule has 2 heterocycles. The van der Waals surface area contributed by atoms with Crippen molar-refractivity contribution in [2.75, 3.05) is 0 Å². The van der Waals surface area contributed by atoms with E-state index in [4.69, 9.17) is 11.6 Å². The zero-order chi connectivity index (χ0) is 17.6. The van der Waals surface area contributed by atoms with E-state index in [9.17, 15) is 9.59 Å². The second kappa shape index (κ2) is 6.52. The molecule has 3 aromatic rings. The summed E-state index contributed by atoms with van der Waals surface area (Å²) in [5.41, 5.74) is 2.80. The SMILES string of the molecule is O=C(S)C[C@@H]1c2ccccc2C[C@H]1NC(=O)c1cc2cc(Cl)sc2[nH]1. The average molecular weight is 391 g/mol. The fraction of sp³-hybridized carbons (Fsp3) is 0.222. The van der Waals surface area contributed by atoms with Crippen LogP contribution >= 0.6 is 35.6 Å². The van der Waals surface area contributed by atoms with Crippen molar-refractivity contribution in [2.24, 2.45) is 0 Å². The highest BCUT2D eigenvalue weighted by Crippen LogP contribution is 2.36. The van der Waals surface area contributed by atoms with Gasteiger partial charge in [0.1, 0.15) is 10.5 Å². The molecule has 25 heavy (non-hydrogen) atoms. The van der Waals surface area contributed by atoms with Crippen molar-refractivity contribution in [1.82, 2.24) is 10.3 Å². The largest absolute Gasteiger partial charge is 0.347 e. The number of rotatable bonds is 4. The Kier molecular flexibility index (Phi) is 4.35. The summed E-state index contributed by atoms with van der Waals surface area (Å²) < 4.78 is 0.687. The van der Waals surface area contributed by atoms with Crippen molar-refractivity contribution in [3.63, 3.8) is 0 Å². The molecule has 0 saturated heterocycles. The van der Waals surface area contributed by atoms with Gasteiger partial charge >= 0.3 is 0 Å². The minimum atomic E-state index is -0.172. The number of thiol groups is 1. The van der Waals surface area contributed by atoms with Crippen LogP contribution < -0.4 is 5.32 Å². The maximum absolute atomic E-state index is 12.7. The summed E-state index contributed by atoms with van der Waals surface area (Å²) in [6.45, 7) is 0. The van der Waals surface area contributed by atoms with Crippen molar-refractivity contribution in [1.29, 1.82) is 0 Å². The van der Waals surface area contributed by atoms with Crippen LogP contribution in [0.1, 0.15) is 34.0 Å². The molecular formula is C18H15ClN2O2S2. The highest BCUT2D eigenvalue weighted by molar-refractivity contribution is 7.96. The molecule has 2 aromatic heterocycles. The Balaban J connectivity index is 1.57. The lowest BCUT2D eigenvalue weighted by atomic mass is 9.95. The van der Waals surface area contributed by atoms with E-state index in [1.807, 2.05) is 30.3 Å². The monoisotopic (exact) mass is 390 g/mol. The molecule has 0 unspecified atom stereocenters. The normalized spacial score (nSPS) is 19.1. The number of nitrogens with one attached hydrogen (secondary N) is 2. The smallest absolute Gasteiger partial charge is 0.267 e. The van der Waals surface area contributed by atoms with Gasteiger partial charge in [0.05, 0.1) is 4.34 Å². The Labute approximate surface area is 159 Å². The lowest BCUT2D eigenvalue weighted by Crippen LogP contribution is -2.38. The second-order valence-corrected chi connectivity index (χ2v) is 8.39. The number of aromatic amines is 1. The van der Waals surface area contributed by atoms with Gasteiger partial charge in [-0.1, -0.05) is 35.9 Å². The predicted molar refractivity (Wildman–Crippen MR) is 104 cm³/mol. The van der Waals surface area contributed by atoms with Crippen LogP contribution in [0.2, 0.25) is 4.34 Å². The molecular weight excluding hydrogens is 376 g/mol. The van der Waals surface area contributed by atoms with E-state index < -0.39 is 0 Å². The van der Waals surface area contributed by atoms with Crippen LogP contribution in [0.25, 0.3) is 10.2 Å². The lowest BCUT2D eigenvalue weighted by molar-refractivity contribution is -0.111. The highest BCUT2D eigenvalue weighted by atomic mass is 35.5. The number of hydrogen-bond donors (Lipinski definition) is 3. The van der Waals surface area contributed by atoms with Gasteiger partial charge in [-0.05, 0) is 29.7 Å². The Bertz CT molecular complexity index is 947. The van der Waals surface area contributed by atoms with Crippen LogP contribution in [0.15, 0.2) is 36.4 Å². The van der Waals surface area contributed by atoms with Crippen molar-refractivity contribution in [3.05, 3.63) is 57.6 Å². The molecule has 1 aliphatic carbocycles. The minimum absolute atomic E-state index is 0.0457. The fourth-order valence-corrected chi connectivity index (χ4v) is 4.85. The molecule has 7 heteroatoms. The summed E-state index contributed by atoms with van der Waals surface area (Å²) in [4.78, 5) is 28.2. The Hall–Kier alpha value is -1.76. The lowest BCUT2D eigenvalue weighted by Gasteiger charge is -2.20. The molecule has 1 amide bonds. The van der Waals surface area contributed by atoms with Crippen molar-refractivity contribution in [2.45, 2.75) is 24.8 Å². The third kappa shape index (κ3) is 3.21. The first kappa shape index (κ1) is 16.7. The van der Waals surface area contributed by atoms with Crippen molar-refractivity contribution in [3.8, 4) is 0 Å². The third-order valence-electron chi connectivity index (χ3n) is 4.61. The Morgan fingerprint density at radius 3 is 2.88 bits per heavy atom. The Morgan fingerprint density at radius 1 is 1.32 bits per heavy atom. The van der Waals surface area contributed by atoms with Gasteiger partial charge in [-0.25, -0.2) is 0 Å². The van der Waals surface area contributed by atoms with Gasteiger partial charge in [0, 0.05) is 23.8 Å². The van der Waals surface area contributed by atoms with Crippen LogP contribution in [0.3, 0.4) is 0 Å². The predicted octanol–water partition coefficient (Wildman–Crippen LogP) is 4.17. The first-order chi connectivity index (χ1) is 12.0. The van der Waals surface area contributed by atoms with Gasteiger partial charge in [0.15, 0.2) is 5.12 Å². The molecule has 128 valence electrons. The fourth-order valence-electron chi connectivity index (χ4n) is 3.53. The average Bonchev–Trinajstić information content (AvgIpc) is 3.19. The number of aromatic nitrogens is 1. The number of benzene rings is 1. The molecule has 2 atom stereocenters. The molecule has 0 spiro atoms. The topological polar surface area (TPSA) is 62.0 Å². The second-order valence-electron chi connectivity index (χ2n) is 6.21. The van der Waals surface area contributed by atoms with E-state index in [0.29, 0.717) is 22.9 Å². The van der Waals surface area contributed by atoms with Crippen LogP contribution in [0, 0.1) is 0 Å². The number of H-pyrrole nitrogens is 1. The maximum Gasteiger partial charge on any atom is 0.267 e.